The molecule has 2 aromatic rings. The second-order valence-corrected chi connectivity index (χ2v) is 5.76. The van der Waals surface area contributed by atoms with Crippen molar-refractivity contribution in [3.8, 4) is 0 Å². The highest BCUT2D eigenvalue weighted by Crippen LogP contribution is 2.18. The number of hydrogen-bond donors (Lipinski definition) is 2. The van der Waals surface area contributed by atoms with Gasteiger partial charge >= 0.3 is 0 Å². The molecule has 0 bridgehead atoms. The molecule has 5 heteroatoms. The molecule has 0 aliphatic carbocycles. The minimum Gasteiger partial charge on any atom is -0.409 e. The van der Waals surface area contributed by atoms with Crippen LogP contribution in [0.25, 0.3) is 0 Å². The van der Waals surface area contributed by atoms with Gasteiger partial charge in [0.25, 0.3) is 0 Å². The van der Waals surface area contributed by atoms with Crippen LogP contribution < -0.4 is 10.6 Å². The fraction of sp³-hybridized carbons (Fsp3) is 0.133. The second-order valence-electron chi connectivity index (χ2n) is 4.52. The maximum atomic E-state index is 8.73. The highest BCUT2D eigenvalue weighted by Gasteiger charge is 2.05. The maximum absolute atomic E-state index is 8.73. The molecule has 0 unspecified atom stereocenters. The number of oxime groups is 1. The highest BCUT2D eigenvalue weighted by atomic mass is 127. The number of hydrogen-bond acceptors (Lipinski definition) is 3. The Morgan fingerprint density at radius 1 is 1.25 bits per heavy atom. The van der Waals surface area contributed by atoms with E-state index < -0.39 is 0 Å². The highest BCUT2D eigenvalue weighted by molar-refractivity contribution is 14.1. The Bertz CT molecular complexity index is 611. The summed E-state index contributed by atoms with van der Waals surface area (Å²) in [5.41, 5.74) is 8.58. The number of nitrogens with two attached hydrogens (primary N) is 1. The Morgan fingerprint density at radius 3 is 2.60 bits per heavy atom. The summed E-state index contributed by atoms with van der Waals surface area (Å²) in [5.74, 6) is 0.120. The average molecular weight is 381 g/mol. The summed E-state index contributed by atoms with van der Waals surface area (Å²) < 4.78 is 1.22. The average Bonchev–Trinajstić information content (AvgIpc) is 2.49. The lowest BCUT2D eigenvalue weighted by Crippen LogP contribution is -2.18. The minimum atomic E-state index is 0.120. The SMILES string of the molecule is CN(Cc1ccc(I)cc1)c1cccc(C(N)=NO)c1. The summed E-state index contributed by atoms with van der Waals surface area (Å²) >= 11 is 2.29. The largest absolute Gasteiger partial charge is 0.409 e. The molecule has 0 amide bonds. The monoisotopic (exact) mass is 381 g/mol. The Balaban J connectivity index is 2.16. The Morgan fingerprint density at radius 2 is 1.95 bits per heavy atom. The lowest BCUT2D eigenvalue weighted by atomic mass is 10.1. The molecule has 0 radical (unpaired) electrons. The van der Waals surface area contributed by atoms with Crippen molar-refractivity contribution in [2.24, 2.45) is 10.9 Å². The first-order chi connectivity index (χ1) is 9.60. The van der Waals surface area contributed by atoms with Gasteiger partial charge in [-0.2, -0.15) is 0 Å². The first-order valence-corrected chi connectivity index (χ1v) is 7.21. The third kappa shape index (κ3) is 3.63. The van der Waals surface area contributed by atoms with E-state index in [2.05, 4.69) is 56.9 Å². The summed E-state index contributed by atoms with van der Waals surface area (Å²) in [7, 11) is 2.02. The van der Waals surface area contributed by atoms with Crippen LogP contribution in [-0.2, 0) is 6.54 Å². The molecule has 0 aliphatic rings. The van der Waals surface area contributed by atoms with Gasteiger partial charge in [0.1, 0.15) is 0 Å². The lowest BCUT2D eigenvalue weighted by molar-refractivity contribution is 0.318. The third-order valence-electron chi connectivity index (χ3n) is 3.02. The van der Waals surface area contributed by atoms with Crippen molar-refractivity contribution in [1.82, 2.24) is 0 Å². The molecule has 0 aliphatic heterocycles. The Kier molecular flexibility index (Phi) is 4.84. The van der Waals surface area contributed by atoms with E-state index in [4.69, 9.17) is 10.9 Å². The van der Waals surface area contributed by atoms with E-state index in [-0.39, 0.29) is 5.84 Å². The van der Waals surface area contributed by atoms with E-state index in [1.54, 1.807) is 0 Å². The predicted octanol–water partition coefficient (Wildman–Crippen LogP) is 3.02. The summed E-state index contributed by atoms with van der Waals surface area (Å²) in [6, 6.07) is 16.0. The topological polar surface area (TPSA) is 61.8 Å². The summed E-state index contributed by atoms with van der Waals surface area (Å²) in [5, 5.41) is 11.8. The normalized spacial score (nSPS) is 11.4. The van der Waals surface area contributed by atoms with Gasteiger partial charge in [-0.05, 0) is 52.4 Å². The molecule has 4 nitrogen and oxygen atoms in total. The summed E-state index contributed by atoms with van der Waals surface area (Å²) in [4.78, 5) is 2.12. The smallest absolute Gasteiger partial charge is 0.170 e. The van der Waals surface area contributed by atoms with Crippen molar-refractivity contribution in [2.45, 2.75) is 6.54 Å². The number of anilines is 1. The van der Waals surface area contributed by atoms with Crippen molar-refractivity contribution >= 4 is 34.1 Å². The molecule has 0 spiro atoms. The molecule has 2 aromatic carbocycles. The van der Waals surface area contributed by atoms with Crippen LogP contribution in [0.2, 0.25) is 0 Å². The van der Waals surface area contributed by atoms with E-state index in [0.717, 1.165) is 12.2 Å². The van der Waals surface area contributed by atoms with Crippen LogP contribution in [-0.4, -0.2) is 18.1 Å². The van der Waals surface area contributed by atoms with Crippen LogP contribution in [0, 0.1) is 3.57 Å². The van der Waals surface area contributed by atoms with Crippen LogP contribution in [0.15, 0.2) is 53.7 Å². The Labute approximate surface area is 132 Å². The number of benzene rings is 2. The number of amidine groups is 1. The van der Waals surface area contributed by atoms with Crippen molar-refractivity contribution in [3.05, 3.63) is 63.2 Å². The van der Waals surface area contributed by atoms with Crippen molar-refractivity contribution in [1.29, 1.82) is 0 Å². The zero-order chi connectivity index (χ0) is 14.5. The first kappa shape index (κ1) is 14.6. The van der Waals surface area contributed by atoms with Crippen LogP contribution in [0.1, 0.15) is 11.1 Å². The number of halogens is 1. The van der Waals surface area contributed by atoms with Crippen LogP contribution >= 0.6 is 22.6 Å². The quantitative estimate of drug-likeness (QED) is 0.281. The van der Waals surface area contributed by atoms with Gasteiger partial charge in [0.15, 0.2) is 5.84 Å². The molecule has 0 saturated heterocycles. The second kappa shape index (κ2) is 6.60. The van der Waals surface area contributed by atoms with Gasteiger partial charge in [-0.1, -0.05) is 29.4 Å². The zero-order valence-corrected chi connectivity index (χ0v) is 13.3. The zero-order valence-electron chi connectivity index (χ0n) is 11.1. The Hall–Kier alpha value is -1.76. The fourth-order valence-corrected chi connectivity index (χ4v) is 2.27. The van der Waals surface area contributed by atoms with Gasteiger partial charge < -0.3 is 15.8 Å². The molecule has 0 heterocycles. The predicted molar refractivity (Wildman–Crippen MR) is 90.2 cm³/mol. The molecule has 2 rings (SSSR count). The van der Waals surface area contributed by atoms with Crippen LogP contribution in [0.4, 0.5) is 5.69 Å². The van der Waals surface area contributed by atoms with Gasteiger partial charge in [0, 0.05) is 28.4 Å². The maximum Gasteiger partial charge on any atom is 0.170 e. The molecule has 0 atom stereocenters. The fourth-order valence-electron chi connectivity index (χ4n) is 1.92. The molecular formula is C15H16IN3O. The molecular weight excluding hydrogens is 365 g/mol. The summed E-state index contributed by atoms with van der Waals surface area (Å²) in [6.07, 6.45) is 0. The molecule has 0 aromatic heterocycles. The van der Waals surface area contributed by atoms with E-state index >= 15 is 0 Å². The van der Waals surface area contributed by atoms with Gasteiger partial charge in [-0.15, -0.1) is 0 Å². The van der Waals surface area contributed by atoms with Crippen molar-refractivity contribution < 1.29 is 5.21 Å². The van der Waals surface area contributed by atoms with Crippen molar-refractivity contribution in [2.75, 3.05) is 11.9 Å². The number of nitrogens with zero attached hydrogens (tertiary/aromatic N) is 2. The molecule has 104 valence electrons. The van der Waals surface area contributed by atoms with Gasteiger partial charge in [-0.3, -0.25) is 0 Å². The molecule has 0 fully saturated rings. The van der Waals surface area contributed by atoms with E-state index in [9.17, 15) is 0 Å². The molecule has 0 saturated carbocycles. The van der Waals surface area contributed by atoms with Crippen LogP contribution in [0.3, 0.4) is 0 Å². The van der Waals surface area contributed by atoms with E-state index in [1.807, 2.05) is 31.3 Å². The lowest BCUT2D eigenvalue weighted by Gasteiger charge is -2.20. The number of rotatable bonds is 4. The third-order valence-corrected chi connectivity index (χ3v) is 3.74. The standard InChI is InChI=1S/C15H16IN3O/c1-19(10-11-5-7-13(16)8-6-11)14-4-2-3-12(9-14)15(17)18-20/h2-9,20H,10H2,1H3,(H2,17,18). The van der Waals surface area contributed by atoms with E-state index in [0.29, 0.717) is 5.56 Å². The van der Waals surface area contributed by atoms with Gasteiger partial charge in [0.2, 0.25) is 0 Å². The van der Waals surface area contributed by atoms with E-state index in [1.165, 1.54) is 9.13 Å². The van der Waals surface area contributed by atoms with Gasteiger partial charge in [-0.25, -0.2) is 0 Å². The molecule has 3 N–H and O–H groups in total. The van der Waals surface area contributed by atoms with Crippen molar-refractivity contribution in [3.63, 3.8) is 0 Å². The summed E-state index contributed by atoms with van der Waals surface area (Å²) in [6.45, 7) is 0.802. The first-order valence-electron chi connectivity index (χ1n) is 6.13. The van der Waals surface area contributed by atoms with Crippen LogP contribution in [0.5, 0.6) is 0 Å². The minimum absolute atomic E-state index is 0.120. The molecule has 20 heavy (non-hydrogen) atoms. The van der Waals surface area contributed by atoms with Gasteiger partial charge in [0.05, 0.1) is 0 Å².